The molecule has 0 unspecified atom stereocenters. The van der Waals surface area contributed by atoms with Crippen molar-refractivity contribution in [1.29, 1.82) is 0 Å². The number of benzene rings is 2. The highest BCUT2D eigenvalue weighted by Crippen LogP contribution is 2.34. The van der Waals surface area contributed by atoms with E-state index in [0.717, 1.165) is 37.8 Å². The van der Waals surface area contributed by atoms with E-state index in [2.05, 4.69) is 16.1 Å². The number of amides is 1. The summed E-state index contributed by atoms with van der Waals surface area (Å²) >= 11 is 0. The Labute approximate surface area is 174 Å². The first-order valence-electron chi connectivity index (χ1n) is 9.71. The highest BCUT2D eigenvalue weighted by molar-refractivity contribution is 5.92. The van der Waals surface area contributed by atoms with E-state index in [4.69, 9.17) is 6.42 Å². The highest BCUT2D eigenvalue weighted by atomic mass is 19.4. The molecule has 1 fully saturated rings. The minimum Gasteiger partial charge on any atom is -0.326 e. The molecule has 0 radical (unpaired) electrons. The predicted molar refractivity (Wildman–Crippen MR) is 111 cm³/mol. The summed E-state index contributed by atoms with van der Waals surface area (Å²) in [5, 5.41) is 2.57. The van der Waals surface area contributed by atoms with Crippen LogP contribution in [0.3, 0.4) is 0 Å². The molecule has 1 heterocycles. The van der Waals surface area contributed by atoms with E-state index in [1.54, 1.807) is 24.3 Å². The van der Waals surface area contributed by atoms with Crippen molar-refractivity contribution in [3.8, 4) is 12.3 Å². The molecule has 1 saturated heterocycles. The van der Waals surface area contributed by atoms with E-state index in [1.165, 1.54) is 12.1 Å². The number of hydrogen-bond donors (Lipinski definition) is 1. The van der Waals surface area contributed by atoms with Crippen molar-refractivity contribution >= 4 is 11.6 Å². The monoisotopic (exact) mass is 415 g/mol. The Hall–Kier alpha value is -2.82. The Morgan fingerprint density at radius 3 is 2.37 bits per heavy atom. The molecule has 7 heteroatoms. The second-order valence-corrected chi connectivity index (χ2v) is 7.52. The molecule has 1 aliphatic heterocycles. The number of likely N-dealkylation sites (N-methyl/N-ethyl adjacent to an activating group) is 1. The van der Waals surface area contributed by atoms with E-state index in [9.17, 15) is 18.0 Å². The molecule has 4 nitrogen and oxygen atoms in total. The average Bonchev–Trinajstić information content (AvgIpc) is 2.70. The summed E-state index contributed by atoms with van der Waals surface area (Å²) in [5.74, 6) is 2.11. The SMILES string of the molecule is C#Cc1ccc(CC(=O)Nc2ccc(CN3CCN(C)CC3)c(C(F)(F)F)c2)cc1. The Morgan fingerprint density at radius 2 is 1.77 bits per heavy atom. The van der Waals surface area contributed by atoms with Crippen LogP contribution in [-0.2, 0) is 23.9 Å². The smallest absolute Gasteiger partial charge is 0.326 e. The summed E-state index contributed by atoms with van der Waals surface area (Å²) in [6.45, 7) is 3.35. The van der Waals surface area contributed by atoms with Gasteiger partial charge in [-0.05, 0) is 42.4 Å². The average molecular weight is 415 g/mol. The molecule has 0 aliphatic carbocycles. The number of halogens is 3. The van der Waals surface area contributed by atoms with Gasteiger partial charge in [0.25, 0.3) is 0 Å². The minimum atomic E-state index is -4.49. The maximum Gasteiger partial charge on any atom is 0.416 e. The molecule has 1 N–H and O–H groups in total. The molecule has 158 valence electrons. The molecule has 0 aromatic heterocycles. The van der Waals surface area contributed by atoms with Crippen molar-refractivity contribution in [2.24, 2.45) is 0 Å². The first kappa shape index (κ1) is 21.9. The maximum absolute atomic E-state index is 13.6. The van der Waals surface area contributed by atoms with Crippen LogP contribution >= 0.6 is 0 Å². The molecule has 2 aromatic rings. The highest BCUT2D eigenvalue weighted by Gasteiger charge is 2.34. The number of anilines is 1. The molecule has 30 heavy (non-hydrogen) atoms. The lowest BCUT2D eigenvalue weighted by Crippen LogP contribution is -2.44. The van der Waals surface area contributed by atoms with Gasteiger partial charge in [0.05, 0.1) is 12.0 Å². The van der Waals surface area contributed by atoms with Crippen molar-refractivity contribution < 1.29 is 18.0 Å². The second-order valence-electron chi connectivity index (χ2n) is 7.52. The molecular weight excluding hydrogens is 391 g/mol. The van der Waals surface area contributed by atoms with E-state index in [-0.39, 0.29) is 30.1 Å². The van der Waals surface area contributed by atoms with Gasteiger partial charge in [0.2, 0.25) is 5.91 Å². The van der Waals surface area contributed by atoms with E-state index < -0.39 is 11.7 Å². The third-order valence-electron chi connectivity index (χ3n) is 5.17. The van der Waals surface area contributed by atoms with Crippen LogP contribution in [0.25, 0.3) is 0 Å². The van der Waals surface area contributed by atoms with Crippen LogP contribution in [0.2, 0.25) is 0 Å². The zero-order valence-corrected chi connectivity index (χ0v) is 16.8. The molecule has 0 atom stereocenters. The van der Waals surface area contributed by atoms with Crippen LogP contribution < -0.4 is 5.32 Å². The second kappa shape index (κ2) is 9.33. The van der Waals surface area contributed by atoms with Crippen molar-refractivity contribution in [3.63, 3.8) is 0 Å². The van der Waals surface area contributed by atoms with E-state index in [1.807, 2.05) is 11.9 Å². The van der Waals surface area contributed by atoms with E-state index in [0.29, 0.717) is 5.56 Å². The molecule has 0 saturated carbocycles. The quantitative estimate of drug-likeness (QED) is 0.758. The minimum absolute atomic E-state index is 0.0508. The van der Waals surface area contributed by atoms with Crippen LogP contribution in [0.5, 0.6) is 0 Å². The lowest BCUT2D eigenvalue weighted by atomic mass is 10.0. The predicted octanol–water partition coefficient (Wildman–Crippen LogP) is 3.62. The molecule has 0 spiro atoms. The van der Waals surface area contributed by atoms with Gasteiger partial charge in [-0.1, -0.05) is 24.1 Å². The summed E-state index contributed by atoms with van der Waals surface area (Å²) in [6, 6.07) is 10.9. The standard InChI is InChI=1S/C23H24F3N3O/c1-3-17-4-6-18(7-5-17)14-22(30)27-20-9-8-19(21(15-20)23(24,25)26)16-29-12-10-28(2)11-13-29/h1,4-9,15H,10-14,16H2,2H3,(H,27,30). The topological polar surface area (TPSA) is 35.6 Å². The maximum atomic E-state index is 13.6. The van der Waals surface area contributed by atoms with E-state index >= 15 is 0 Å². The fraction of sp³-hybridized carbons (Fsp3) is 0.348. The Kier molecular flexibility index (Phi) is 6.80. The summed E-state index contributed by atoms with van der Waals surface area (Å²) in [5.41, 5.74) is 1.07. The zero-order valence-electron chi connectivity index (χ0n) is 16.8. The van der Waals surface area contributed by atoms with Gasteiger partial charge in [-0.25, -0.2) is 0 Å². The molecule has 2 aromatic carbocycles. The Bertz CT molecular complexity index is 924. The number of rotatable bonds is 5. The Morgan fingerprint density at radius 1 is 1.10 bits per heavy atom. The van der Waals surface area contributed by atoms with Crippen molar-refractivity contribution in [2.75, 3.05) is 38.5 Å². The number of nitrogens with one attached hydrogen (secondary N) is 1. The summed E-state index contributed by atoms with van der Waals surface area (Å²) in [4.78, 5) is 16.5. The third kappa shape index (κ3) is 5.85. The van der Waals surface area contributed by atoms with Gasteiger partial charge in [0, 0.05) is 44.0 Å². The fourth-order valence-electron chi connectivity index (χ4n) is 3.41. The summed E-state index contributed by atoms with van der Waals surface area (Å²) in [7, 11) is 2.00. The first-order valence-corrected chi connectivity index (χ1v) is 9.71. The number of carbonyl (C=O) groups excluding carboxylic acids is 1. The van der Waals surface area contributed by atoms with Crippen molar-refractivity contribution in [3.05, 3.63) is 64.7 Å². The summed E-state index contributed by atoms with van der Waals surface area (Å²) < 4.78 is 40.9. The van der Waals surface area contributed by atoms with Crippen LogP contribution in [0.1, 0.15) is 22.3 Å². The van der Waals surface area contributed by atoms with Crippen molar-refractivity contribution in [2.45, 2.75) is 19.1 Å². The van der Waals surface area contributed by atoms with Crippen LogP contribution in [0.4, 0.5) is 18.9 Å². The van der Waals surface area contributed by atoms with Crippen LogP contribution in [0.15, 0.2) is 42.5 Å². The molecule has 1 amide bonds. The third-order valence-corrected chi connectivity index (χ3v) is 5.17. The van der Waals surface area contributed by atoms with Crippen LogP contribution in [0, 0.1) is 12.3 Å². The normalized spacial score (nSPS) is 15.6. The van der Waals surface area contributed by atoms with Crippen LogP contribution in [-0.4, -0.2) is 48.9 Å². The fourth-order valence-corrected chi connectivity index (χ4v) is 3.41. The molecule has 0 bridgehead atoms. The van der Waals surface area contributed by atoms with Crippen molar-refractivity contribution in [1.82, 2.24) is 9.80 Å². The molecular formula is C23H24F3N3O. The number of carbonyl (C=O) groups is 1. The number of alkyl halides is 3. The van der Waals surface area contributed by atoms with Gasteiger partial charge < -0.3 is 10.2 Å². The lowest BCUT2D eigenvalue weighted by Gasteiger charge is -2.33. The first-order chi connectivity index (χ1) is 14.2. The number of terminal acetylenes is 1. The molecule has 1 aliphatic rings. The van der Waals surface area contributed by atoms with Gasteiger partial charge in [-0.3, -0.25) is 9.69 Å². The van der Waals surface area contributed by atoms with Gasteiger partial charge in [-0.2, -0.15) is 13.2 Å². The largest absolute Gasteiger partial charge is 0.416 e. The Balaban J connectivity index is 1.70. The van der Waals surface area contributed by atoms with Gasteiger partial charge in [0.1, 0.15) is 0 Å². The van der Waals surface area contributed by atoms with Gasteiger partial charge >= 0.3 is 6.18 Å². The number of hydrogen-bond acceptors (Lipinski definition) is 3. The molecule has 3 rings (SSSR count). The summed E-state index contributed by atoms with van der Waals surface area (Å²) in [6.07, 6.45) is 0.862. The van der Waals surface area contributed by atoms with Gasteiger partial charge in [0.15, 0.2) is 0 Å². The number of piperazine rings is 1. The number of nitrogens with zero attached hydrogens (tertiary/aromatic N) is 2. The van der Waals surface area contributed by atoms with Gasteiger partial charge in [-0.15, -0.1) is 6.42 Å². The lowest BCUT2D eigenvalue weighted by molar-refractivity contribution is -0.138. The zero-order chi connectivity index (χ0) is 21.7.